The van der Waals surface area contributed by atoms with E-state index in [2.05, 4.69) is 37.7 Å². The summed E-state index contributed by atoms with van der Waals surface area (Å²) in [6.45, 7) is 2.53. The molecule has 0 spiro atoms. The first kappa shape index (κ1) is 18.6. The molecule has 4 aromatic rings. The summed E-state index contributed by atoms with van der Waals surface area (Å²) in [5.74, 6) is 0.155. The molecule has 2 N–H and O–H groups in total. The van der Waals surface area contributed by atoms with Crippen molar-refractivity contribution >= 4 is 28.4 Å². The first-order valence-electron chi connectivity index (χ1n) is 9.47. The molecule has 0 saturated heterocycles. The molecule has 0 radical (unpaired) electrons. The second-order valence-electron chi connectivity index (χ2n) is 6.72. The fourth-order valence-corrected chi connectivity index (χ4v) is 3.12. The highest BCUT2D eigenvalue weighted by Crippen LogP contribution is 2.21. The number of hydrogen-bond donors (Lipinski definition) is 2. The molecule has 0 aliphatic carbocycles. The molecule has 0 fully saturated rings. The van der Waals surface area contributed by atoms with Crippen molar-refractivity contribution in [3.8, 4) is 0 Å². The lowest BCUT2D eigenvalue weighted by atomic mass is 10.1. The van der Waals surface area contributed by atoms with Crippen LogP contribution in [0.3, 0.4) is 0 Å². The van der Waals surface area contributed by atoms with Gasteiger partial charge in [-0.05, 0) is 37.1 Å². The maximum absolute atomic E-state index is 12.8. The number of fused-ring (bicyclic) bond motifs is 1. The van der Waals surface area contributed by atoms with Gasteiger partial charge in [0.2, 0.25) is 5.95 Å². The summed E-state index contributed by atoms with van der Waals surface area (Å²) >= 11 is 0. The van der Waals surface area contributed by atoms with Crippen LogP contribution in [0.4, 0.5) is 11.6 Å². The average molecular weight is 383 g/mol. The summed E-state index contributed by atoms with van der Waals surface area (Å²) in [6, 6.07) is 21.4. The van der Waals surface area contributed by atoms with Crippen LogP contribution >= 0.6 is 0 Å². The summed E-state index contributed by atoms with van der Waals surface area (Å²) in [7, 11) is 0. The van der Waals surface area contributed by atoms with E-state index in [0.29, 0.717) is 23.9 Å². The van der Waals surface area contributed by atoms with Crippen molar-refractivity contribution in [3.63, 3.8) is 0 Å². The molecule has 0 bridgehead atoms. The lowest BCUT2D eigenvalue weighted by molar-refractivity contribution is 0.102. The number of rotatable bonds is 6. The van der Waals surface area contributed by atoms with Crippen molar-refractivity contribution in [2.24, 2.45) is 0 Å². The molecule has 0 saturated carbocycles. The summed E-state index contributed by atoms with van der Waals surface area (Å²) in [5.41, 5.74) is 3.67. The molecule has 29 heavy (non-hydrogen) atoms. The third kappa shape index (κ3) is 4.55. The third-order valence-electron chi connectivity index (χ3n) is 4.51. The zero-order chi connectivity index (χ0) is 20.1. The van der Waals surface area contributed by atoms with Crippen molar-refractivity contribution in [2.75, 3.05) is 17.2 Å². The van der Waals surface area contributed by atoms with Crippen LogP contribution in [0.15, 0.2) is 72.9 Å². The van der Waals surface area contributed by atoms with Crippen molar-refractivity contribution < 1.29 is 4.79 Å². The van der Waals surface area contributed by atoms with Gasteiger partial charge in [-0.3, -0.25) is 9.78 Å². The van der Waals surface area contributed by atoms with Crippen LogP contribution in [-0.4, -0.2) is 27.4 Å². The molecule has 0 aliphatic heterocycles. The Morgan fingerprint density at radius 3 is 2.66 bits per heavy atom. The molecule has 6 heteroatoms. The minimum absolute atomic E-state index is 0.292. The van der Waals surface area contributed by atoms with Gasteiger partial charge in [-0.25, -0.2) is 9.97 Å². The van der Waals surface area contributed by atoms with Gasteiger partial charge in [-0.15, -0.1) is 0 Å². The molecule has 144 valence electrons. The zero-order valence-electron chi connectivity index (χ0n) is 16.1. The van der Waals surface area contributed by atoms with Crippen molar-refractivity contribution in [1.29, 1.82) is 0 Å². The quantitative estimate of drug-likeness (QED) is 0.521. The molecule has 0 aliphatic rings. The number of aromatic nitrogens is 3. The van der Waals surface area contributed by atoms with Crippen molar-refractivity contribution in [1.82, 2.24) is 15.0 Å². The van der Waals surface area contributed by atoms with E-state index < -0.39 is 0 Å². The van der Waals surface area contributed by atoms with Crippen LogP contribution in [0.25, 0.3) is 10.9 Å². The largest absolute Gasteiger partial charge is 0.354 e. The van der Waals surface area contributed by atoms with Gasteiger partial charge in [-0.2, -0.15) is 0 Å². The molecular formula is C23H21N5O. The van der Waals surface area contributed by atoms with Crippen LogP contribution < -0.4 is 10.6 Å². The van der Waals surface area contributed by atoms with E-state index in [0.717, 1.165) is 23.0 Å². The van der Waals surface area contributed by atoms with Gasteiger partial charge < -0.3 is 10.6 Å². The fourth-order valence-electron chi connectivity index (χ4n) is 3.12. The maximum atomic E-state index is 12.8. The Balaban J connectivity index is 1.48. The molecule has 0 atom stereocenters. The highest BCUT2D eigenvalue weighted by atomic mass is 16.1. The SMILES string of the molecule is Cc1cc(C(=O)Nc2cccc3cccnc23)nc(NCCc2ccccc2)n1. The number of carbonyl (C=O) groups excluding carboxylic acids is 1. The highest BCUT2D eigenvalue weighted by Gasteiger charge is 2.13. The molecule has 2 heterocycles. The van der Waals surface area contributed by atoms with E-state index in [4.69, 9.17) is 0 Å². The van der Waals surface area contributed by atoms with Crippen LogP contribution in [0.2, 0.25) is 0 Å². The fraction of sp³-hybridized carbons (Fsp3) is 0.130. The summed E-state index contributed by atoms with van der Waals surface area (Å²) in [5, 5.41) is 7.09. The topological polar surface area (TPSA) is 79.8 Å². The van der Waals surface area contributed by atoms with Gasteiger partial charge in [0.1, 0.15) is 5.69 Å². The van der Waals surface area contributed by atoms with Gasteiger partial charge in [0.15, 0.2) is 0 Å². The van der Waals surface area contributed by atoms with Crippen LogP contribution in [-0.2, 0) is 6.42 Å². The monoisotopic (exact) mass is 383 g/mol. The number of benzene rings is 2. The Labute approximate surface area is 169 Å². The number of carbonyl (C=O) groups is 1. The van der Waals surface area contributed by atoms with Crippen molar-refractivity contribution in [2.45, 2.75) is 13.3 Å². The normalized spacial score (nSPS) is 10.7. The van der Waals surface area contributed by atoms with E-state index in [1.165, 1.54) is 5.56 Å². The van der Waals surface area contributed by atoms with Crippen molar-refractivity contribution in [3.05, 3.63) is 89.9 Å². The molecule has 4 rings (SSSR count). The molecule has 6 nitrogen and oxygen atoms in total. The number of para-hydroxylation sites is 1. The van der Waals surface area contributed by atoms with Gasteiger partial charge in [0, 0.05) is 23.8 Å². The van der Waals surface area contributed by atoms with E-state index in [-0.39, 0.29) is 5.91 Å². The van der Waals surface area contributed by atoms with Crippen LogP contribution in [0.1, 0.15) is 21.7 Å². The highest BCUT2D eigenvalue weighted by molar-refractivity contribution is 6.07. The summed E-state index contributed by atoms with van der Waals surface area (Å²) in [6.07, 6.45) is 2.56. The molecule has 0 unspecified atom stereocenters. The lowest BCUT2D eigenvalue weighted by Crippen LogP contribution is -2.17. The number of anilines is 2. The molecule has 2 aromatic carbocycles. The van der Waals surface area contributed by atoms with Gasteiger partial charge >= 0.3 is 0 Å². The third-order valence-corrected chi connectivity index (χ3v) is 4.51. The van der Waals surface area contributed by atoms with E-state index in [1.807, 2.05) is 55.5 Å². The number of nitrogens with zero attached hydrogens (tertiary/aromatic N) is 3. The van der Waals surface area contributed by atoms with E-state index >= 15 is 0 Å². The Hall–Kier alpha value is -3.80. The van der Waals surface area contributed by atoms with Crippen LogP contribution in [0.5, 0.6) is 0 Å². The zero-order valence-corrected chi connectivity index (χ0v) is 16.1. The maximum Gasteiger partial charge on any atom is 0.274 e. The Morgan fingerprint density at radius 1 is 0.966 bits per heavy atom. The Kier molecular flexibility index (Phi) is 5.42. The Morgan fingerprint density at radius 2 is 1.79 bits per heavy atom. The summed E-state index contributed by atoms with van der Waals surface area (Å²) < 4.78 is 0. The average Bonchev–Trinajstić information content (AvgIpc) is 2.74. The van der Waals surface area contributed by atoms with Gasteiger partial charge in [0.05, 0.1) is 11.2 Å². The number of amides is 1. The Bertz CT molecular complexity index is 1140. The predicted octanol–water partition coefficient (Wildman–Crippen LogP) is 4.24. The second-order valence-corrected chi connectivity index (χ2v) is 6.72. The predicted molar refractivity (Wildman–Crippen MR) is 115 cm³/mol. The van der Waals surface area contributed by atoms with E-state index in [9.17, 15) is 4.79 Å². The number of hydrogen-bond acceptors (Lipinski definition) is 5. The molecule has 2 aromatic heterocycles. The first-order chi connectivity index (χ1) is 14.2. The molecule has 1 amide bonds. The minimum atomic E-state index is -0.292. The van der Waals surface area contributed by atoms with E-state index in [1.54, 1.807) is 12.3 Å². The van der Waals surface area contributed by atoms with Gasteiger partial charge in [-0.1, -0.05) is 48.5 Å². The number of pyridine rings is 1. The van der Waals surface area contributed by atoms with Gasteiger partial charge in [0.25, 0.3) is 5.91 Å². The minimum Gasteiger partial charge on any atom is -0.354 e. The summed E-state index contributed by atoms with van der Waals surface area (Å²) in [4.78, 5) is 25.9. The standard InChI is InChI=1S/C23H21N5O/c1-16-15-20(28-23(26-16)25-14-12-17-7-3-2-4-8-17)22(29)27-19-11-5-9-18-10-6-13-24-21(18)19/h2-11,13,15H,12,14H2,1H3,(H,27,29)(H,25,26,28). The first-order valence-corrected chi connectivity index (χ1v) is 9.47. The lowest BCUT2D eigenvalue weighted by Gasteiger charge is -2.10. The van der Waals surface area contributed by atoms with Crippen LogP contribution in [0, 0.1) is 6.92 Å². The second kappa shape index (κ2) is 8.48. The smallest absolute Gasteiger partial charge is 0.274 e. The number of aryl methyl sites for hydroxylation is 1. The molecular weight excluding hydrogens is 362 g/mol. The number of nitrogens with one attached hydrogen (secondary N) is 2.